The summed E-state index contributed by atoms with van der Waals surface area (Å²) in [7, 11) is 0. The van der Waals surface area contributed by atoms with Crippen molar-refractivity contribution in [1.29, 1.82) is 0 Å². The first-order valence-electron chi connectivity index (χ1n) is 5.86. The van der Waals surface area contributed by atoms with Crippen LogP contribution in [0.2, 0.25) is 0 Å². The average molecular weight is 229 g/mol. The molecule has 2 aromatic rings. The molecule has 0 fully saturated rings. The standard InChI is InChI=1S/C13H15N3O/c14-11-8-15-17-13(11)9-16-7-3-5-10-4-1-2-6-12(10)16/h1-2,4,6,8H,3,5,7,9,14H2. The maximum atomic E-state index is 5.79. The third-order valence-electron chi connectivity index (χ3n) is 3.22. The Bertz CT molecular complexity index is 521. The van der Waals surface area contributed by atoms with Crippen LogP contribution in [0.25, 0.3) is 0 Å². The van der Waals surface area contributed by atoms with Crippen molar-refractivity contribution in [3.05, 3.63) is 41.8 Å². The molecule has 1 aliphatic heterocycles. The van der Waals surface area contributed by atoms with Crippen LogP contribution in [0.4, 0.5) is 11.4 Å². The summed E-state index contributed by atoms with van der Waals surface area (Å²) in [4.78, 5) is 2.30. The number of fused-ring (bicyclic) bond motifs is 1. The van der Waals surface area contributed by atoms with Gasteiger partial charge in [-0.2, -0.15) is 0 Å². The van der Waals surface area contributed by atoms with Gasteiger partial charge in [0.25, 0.3) is 0 Å². The molecule has 0 saturated carbocycles. The number of nitrogens with zero attached hydrogens (tertiary/aromatic N) is 2. The molecule has 17 heavy (non-hydrogen) atoms. The van der Waals surface area contributed by atoms with Crippen LogP contribution in [0.3, 0.4) is 0 Å². The van der Waals surface area contributed by atoms with Crippen molar-refractivity contribution in [3.63, 3.8) is 0 Å². The Kier molecular flexibility index (Phi) is 2.48. The summed E-state index contributed by atoms with van der Waals surface area (Å²) in [5.41, 5.74) is 9.11. The topological polar surface area (TPSA) is 55.3 Å². The molecule has 1 aromatic heterocycles. The van der Waals surface area contributed by atoms with E-state index in [1.165, 1.54) is 17.7 Å². The van der Waals surface area contributed by atoms with Crippen LogP contribution >= 0.6 is 0 Å². The van der Waals surface area contributed by atoms with E-state index in [2.05, 4.69) is 34.3 Å². The zero-order valence-corrected chi connectivity index (χ0v) is 9.60. The Labute approximate surface area is 100 Å². The first-order chi connectivity index (χ1) is 8.34. The highest BCUT2D eigenvalue weighted by Crippen LogP contribution is 2.28. The highest BCUT2D eigenvalue weighted by molar-refractivity contribution is 5.56. The Morgan fingerprint density at radius 2 is 2.24 bits per heavy atom. The molecular formula is C13H15N3O. The van der Waals surface area contributed by atoms with Gasteiger partial charge in [0.1, 0.15) is 0 Å². The van der Waals surface area contributed by atoms with Crippen molar-refractivity contribution in [1.82, 2.24) is 5.16 Å². The van der Waals surface area contributed by atoms with Crippen molar-refractivity contribution >= 4 is 11.4 Å². The molecule has 4 nitrogen and oxygen atoms in total. The van der Waals surface area contributed by atoms with E-state index in [1.807, 2.05) is 0 Å². The number of aryl methyl sites for hydroxylation is 1. The molecule has 0 bridgehead atoms. The first-order valence-corrected chi connectivity index (χ1v) is 5.86. The van der Waals surface area contributed by atoms with Gasteiger partial charge < -0.3 is 15.2 Å². The highest BCUT2D eigenvalue weighted by atomic mass is 16.5. The number of hydrogen-bond donors (Lipinski definition) is 1. The lowest BCUT2D eigenvalue weighted by molar-refractivity contribution is 0.380. The lowest BCUT2D eigenvalue weighted by atomic mass is 10.0. The van der Waals surface area contributed by atoms with Crippen LogP contribution < -0.4 is 10.6 Å². The molecule has 2 N–H and O–H groups in total. The van der Waals surface area contributed by atoms with Crippen molar-refractivity contribution in [2.45, 2.75) is 19.4 Å². The SMILES string of the molecule is Nc1cnoc1CN1CCCc2ccccc21. The molecule has 4 heteroatoms. The highest BCUT2D eigenvalue weighted by Gasteiger charge is 2.18. The zero-order valence-electron chi connectivity index (χ0n) is 9.60. The predicted molar refractivity (Wildman–Crippen MR) is 66.7 cm³/mol. The maximum absolute atomic E-state index is 5.79. The summed E-state index contributed by atoms with van der Waals surface area (Å²) in [6, 6.07) is 8.50. The quantitative estimate of drug-likeness (QED) is 0.857. The fourth-order valence-corrected chi connectivity index (χ4v) is 2.34. The molecule has 3 rings (SSSR count). The number of benzene rings is 1. The fourth-order valence-electron chi connectivity index (χ4n) is 2.34. The van der Waals surface area contributed by atoms with E-state index >= 15 is 0 Å². The van der Waals surface area contributed by atoms with E-state index in [1.54, 1.807) is 6.20 Å². The number of hydrogen-bond acceptors (Lipinski definition) is 4. The minimum Gasteiger partial charge on any atom is -0.394 e. The Hall–Kier alpha value is -1.97. The molecule has 1 aliphatic rings. The van der Waals surface area contributed by atoms with Crippen LogP contribution in [0.5, 0.6) is 0 Å². The molecular weight excluding hydrogens is 214 g/mol. The first kappa shape index (κ1) is 10.2. The van der Waals surface area contributed by atoms with Crippen molar-refractivity contribution in [2.24, 2.45) is 0 Å². The lowest BCUT2D eigenvalue weighted by Gasteiger charge is -2.30. The number of aromatic nitrogens is 1. The molecule has 0 spiro atoms. The molecule has 0 aliphatic carbocycles. The summed E-state index contributed by atoms with van der Waals surface area (Å²) in [5, 5.41) is 3.72. The van der Waals surface area contributed by atoms with Crippen LogP contribution in [-0.4, -0.2) is 11.7 Å². The number of nitrogen functional groups attached to an aromatic ring is 1. The van der Waals surface area contributed by atoms with Crippen LogP contribution in [0, 0.1) is 0 Å². The third-order valence-corrected chi connectivity index (χ3v) is 3.22. The average Bonchev–Trinajstić information content (AvgIpc) is 2.76. The molecule has 0 atom stereocenters. The smallest absolute Gasteiger partial charge is 0.178 e. The zero-order chi connectivity index (χ0) is 11.7. The van der Waals surface area contributed by atoms with Gasteiger partial charge in [-0.05, 0) is 24.5 Å². The molecule has 0 saturated heterocycles. The summed E-state index contributed by atoms with van der Waals surface area (Å²) in [5.74, 6) is 0.752. The molecule has 0 amide bonds. The fraction of sp³-hybridized carbons (Fsp3) is 0.308. The third kappa shape index (κ3) is 1.86. The summed E-state index contributed by atoms with van der Waals surface area (Å²) in [6.45, 7) is 1.74. The Morgan fingerprint density at radius 1 is 1.35 bits per heavy atom. The molecule has 88 valence electrons. The van der Waals surface area contributed by atoms with Gasteiger partial charge in [0.15, 0.2) is 5.76 Å². The predicted octanol–water partition coefficient (Wildman–Crippen LogP) is 2.21. The molecule has 1 aromatic carbocycles. The van der Waals surface area contributed by atoms with E-state index in [4.69, 9.17) is 10.3 Å². The van der Waals surface area contributed by atoms with Gasteiger partial charge in [0.2, 0.25) is 0 Å². The van der Waals surface area contributed by atoms with Crippen LogP contribution in [-0.2, 0) is 13.0 Å². The van der Waals surface area contributed by atoms with Gasteiger partial charge in [-0.1, -0.05) is 23.4 Å². The van der Waals surface area contributed by atoms with Gasteiger partial charge in [-0.25, -0.2) is 0 Å². The lowest BCUT2D eigenvalue weighted by Crippen LogP contribution is -2.28. The van der Waals surface area contributed by atoms with Gasteiger partial charge in [-0.15, -0.1) is 0 Å². The van der Waals surface area contributed by atoms with E-state index < -0.39 is 0 Å². The monoisotopic (exact) mass is 229 g/mol. The van der Waals surface area contributed by atoms with Crippen LogP contribution in [0.1, 0.15) is 17.7 Å². The summed E-state index contributed by atoms with van der Waals surface area (Å²) in [6.07, 6.45) is 3.88. The van der Waals surface area contributed by atoms with E-state index in [0.717, 1.165) is 18.7 Å². The Balaban J connectivity index is 1.88. The van der Waals surface area contributed by atoms with Gasteiger partial charge in [0, 0.05) is 12.2 Å². The maximum Gasteiger partial charge on any atom is 0.178 e. The second-order valence-corrected chi connectivity index (χ2v) is 4.36. The minimum atomic E-state index is 0.632. The van der Waals surface area contributed by atoms with Crippen molar-refractivity contribution < 1.29 is 4.52 Å². The molecule has 2 heterocycles. The second-order valence-electron chi connectivity index (χ2n) is 4.36. The van der Waals surface area contributed by atoms with Crippen molar-refractivity contribution in [2.75, 3.05) is 17.2 Å². The minimum absolute atomic E-state index is 0.632. The molecule has 0 unspecified atom stereocenters. The van der Waals surface area contributed by atoms with E-state index in [0.29, 0.717) is 12.2 Å². The van der Waals surface area contributed by atoms with E-state index in [9.17, 15) is 0 Å². The largest absolute Gasteiger partial charge is 0.394 e. The number of nitrogens with two attached hydrogens (primary N) is 1. The van der Waals surface area contributed by atoms with Crippen LogP contribution in [0.15, 0.2) is 35.0 Å². The van der Waals surface area contributed by atoms with Gasteiger partial charge in [-0.3, -0.25) is 0 Å². The Morgan fingerprint density at radius 3 is 3.06 bits per heavy atom. The van der Waals surface area contributed by atoms with Gasteiger partial charge >= 0.3 is 0 Å². The number of para-hydroxylation sites is 1. The van der Waals surface area contributed by atoms with Gasteiger partial charge in [0.05, 0.1) is 18.4 Å². The summed E-state index contributed by atoms with van der Waals surface area (Å²) < 4.78 is 5.17. The normalized spacial score (nSPS) is 14.7. The summed E-state index contributed by atoms with van der Waals surface area (Å²) >= 11 is 0. The molecule has 0 radical (unpaired) electrons. The number of rotatable bonds is 2. The van der Waals surface area contributed by atoms with Crippen molar-refractivity contribution in [3.8, 4) is 0 Å². The van der Waals surface area contributed by atoms with E-state index in [-0.39, 0.29) is 0 Å². The second kappa shape index (κ2) is 4.13. The number of anilines is 2.